The molecule has 200 valence electrons. The number of hydrogen-bond acceptors (Lipinski definition) is 4. The minimum Gasteiger partial charge on any atom is -0.496 e. The predicted molar refractivity (Wildman–Crippen MR) is 151 cm³/mol. The molecule has 3 rings (SSSR count). The lowest BCUT2D eigenvalue weighted by atomic mass is 10.1. The van der Waals surface area contributed by atoms with Gasteiger partial charge in [-0.25, -0.2) is 0 Å². The van der Waals surface area contributed by atoms with Gasteiger partial charge in [0.25, 0.3) is 5.91 Å². The van der Waals surface area contributed by atoms with E-state index in [9.17, 15) is 9.59 Å². The number of carbonyl (C=O) groups is 2. The van der Waals surface area contributed by atoms with Crippen LogP contribution in [0.1, 0.15) is 61.0 Å². The molecular formula is C31H43N3O3. The van der Waals surface area contributed by atoms with E-state index < -0.39 is 0 Å². The second-order valence-electron chi connectivity index (χ2n) is 9.63. The molecule has 1 aliphatic rings. The summed E-state index contributed by atoms with van der Waals surface area (Å²) in [6.07, 6.45) is 8.76. The van der Waals surface area contributed by atoms with Crippen molar-refractivity contribution in [3.63, 3.8) is 0 Å². The van der Waals surface area contributed by atoms with Gasteiger partial charge in [0, 0.05) is 63.4 Å². The summed E-state index contributed by atoms with van der Waals surface area (Å²) in [6, 6.07) is 15.9. The molecule has 0 saturated carbocycles. The Bertz CT molecular complexity index is 1010. The molecule has 1 aliphatic heterocycles. The first kappa shape index (κ1) is 28.5. The topological polar surface area (TPSA) is 53.1 Å². The highest BCUT2D eigenvalue weighted by atomic mass is 16.5. The maximum absolute atomic E-state index is 13.0. The van der Waals surface area contributed by atoms with Crippen LogP contribution in [0.2, 0.25) is 0 Å². The van der Waals surface area contributed by atoms with Crippen molar-refractivity contribution in [3.05, 3.63) is 71.3 Å². The van der Waals surface area contributed by atoms with Crippen LogP contribution in [0.25, 0.3) is 6.08 Å². The molecule has 0 atom stereocenters. The number of piperazine rings is 1. The van der Waals surface area contributed by atoms with Crippen molar-refractivity contribution < 1.29 is 14.3 Å². The first-order valence-electron chi connectivity index (χ1n) is 13.7. The molecule has 0 aliphatic carbocycles. The molecule has 0 unspecified atom stereocenters. The van der Waals surface area contributed by atoms with Crippen LogP contribution < -0.4 is 4.74 Å². The number of benzene rings is 2. The molecule has 0 aromatic heterocycles. The van der Waals surface area contributed by atoms with E-state index in [2.05, 4.69) is 24.8 Å². The van der Waals surface area contributed by atoms with Crippen molar-refractivity contribution in [2.24, 2.45) is 0 Å². The molecule has 0 spiro atoms. The molecule has 1 heterocycles. The smallest absolute Gasteiger partial charge is 0.253 e. The van der Waals surface area contributed by atoms with Crippen molar-refractivity contribution in [2.75, 3.05) is 52.9 Å². The minimum absolute atomic E-state index is 0.108. The SMILES string of the molecule is CCCCCC(=O)N(CC=Cc1ccccc1OC)CCN1CCN(C(=O)c2ccc(CC)cc2)CC1. The van der Waals surface area contributed by atoms with Crippen LogP contribution in [0.5, 0.6) is 5.75 Å². The van der Waals surface area contributed by atoms with Gasteiger partial charge in [0.1, 0.15) is 5.75 Å². The van der Waals surface area contributed by atoms with Crippen molar-refractivity contribution in [3.8, 4) is 5.75 Å². The van der Waals surface area contributed by atoms with Gasteiger partial charge < -0.3 is 14.5 Å². The number of amides is 2. The van der Waals surface area contributed by atoms with Gasteiger partial charge in [-0.2, -0.15) is 0 Å². The third-order valence-electron chi connectivity index (χ3n) is 7.06. The molecule has 2 aromatic rings. The Kier molecular flexibility index (Phi) is 11.7. The summed E-state index contributed by atoms with van der Waals surface area (Å²) in [4.78, 5) is 32.2. The molecule has 1 saturated heterocycles. The fourth-order valence-electron chi connectivity index (χ4n) is 4.62. The number of ether oxygens (including phenoxy) is 1. The van der Waals surface area contributed by atoms with Gasteiger partial charge in [-0.05, 0) is 36.6 Å². The molecule has 6 nitrogen and oxygen atoms in total. The Balaban J connectivity index is 1.52. The molecular weight excluding hydrogens is 462 g/mol. The monoisotopic (exact) mass is 505 g/mol. The number of nitrogens with zero attached hydrogens (tertiary/aromatic N) is 3. The molecule has 1 fully saturated rings. The summed E-state index contributed by atoms with van der Waals surface area (Å²) in [7, 11) is 1.67. The largest absolute Gasteiger partial charge is 0.496 e. The van der Waals surface area contributed by atoms with Gasteiger partial charge in [0.05, 0.1) is 7.11 Å². The zero-order valence-corrected chi connectivity index (χ0v) is 22.8. The lowest BCUT2D eigenvalue weighted by Crippen LogP contribution is -2.50. The normalized spacial score (nSPS) is 14.2. The van der Waals surface area contributed by atoms with E-state index in [0.29, 0.717) is 32.6 Å². The fraction of sp³-hybridized carbons (Fsp3) is 0.484. The quantitative estimate of drug-likeness (QED) is 0.354. The zero-order chi connectivity index (χ0) is 26.5. The van der Waals surface area contributed by atoms with Gasteiger partial charge in [0.15, 0.2) is 0 Å². The highest BCUT2D eigenvalue weighted by Gasteiger charge is 2.23. The summed E-state index contributed by atoms with van der Waals surface area (Å²) in [5, 5.41) is 0. The van der Waals surface area contributed by atoms with Gasteiger partial charge >= 0.3 is 0 Å². The van der Waals surface area contributed by atoms with E-state index in [4.69, 9.17) is 4.74 Å². The van der Waals surface area contributed by atoms with Crippen LogP contribution in [-0.2, 0) is 11.2 Å². The van der Waals surface area contributed by atoms with Crippen LogP contribution in [-0.4, -0.2) is 79.4 Å². The van der Waals surface area contributed by atoms with Crippen LogP contribution in [0.4, 0.5) is 0 Å². The highest BCUT2D eigenvalue weighted by molar-refractivity contribution is 5.94. The molecule has 2 amide bonds. The van der Waals surface area contributed by atoms with Crippen molar-refractivity contribution >= 4 is 17.9 Å². The average molecular weight is 506 g/mol. The summed E-state index contributed by atoms with van der Waals surface area (Å²) >= 11 is 0. The lowest BCUT2D eigenvalue weighted by molar-refractivity contribution is -0.131. The number of para-hydroxylation sites is 1. The second kappa shape index (κ2) is 15.2. The number of methoxy groups -OCH3 is 1. The van der Waals surface area contributed by atoms with Crippen LogP contribution in [0.15, 0.2) is 54.6 Å². The van der Waals surface area contributed by atoms with E-state index in [1.165, 1.54) is 5.56 Å². The third-order valence-corrected chi connectivity index (χ3v) is 7.06. The molecule has 0 bridgehead atoms. The number of hydrogen-bond donors (Lipinski definition) is 0. The van der Waals surface area contributed by atoms with E-state index >= 15 is 0 Å². The highest BCUT2D eigenvalue weighted by Crippen LogP contribution is 2.19. The standard InChI is InChI=1S/C31H43N3O3/c1-4-6-7-14-30(35)33(19-10-12-27-11-8-9-13-29(27)37-3)23-20-32-21-24-34(25-22-32)31(36)28-17-15-26(5-2)16-18-28/h8-13,15-18H,4-7,14,19-25H2,1-3H3. The Morgan fingerprint density at radius 2 is 1.70 bits per heavy atom. The Hall–Kier alpha value is -3.12. The number of rotatable bonds is 13. The van der Waals surface area contributed by atoms with E-state index in [1.807, 2.05) is 64.4 Å². The molecule has 37 heavy (non-hydrogen) atoms. The van der Waals surface area contributed by atoms with Gasteiger partial charge in [-0.1, -0.05) is 69.2 Å². The first-order valence-corrected chi connectivity index (χ1v) is 13.7. The molecule has 0 N–H and O–H groups in total. The fourth-order valence-corrected chi connectivity index (χ4v) is 4.62. The molecule has 2 aromatic carbocycles. The van der Waals surface area contributed by atoms with E-state index in [0.717, 1.165) is 62.2 Å². The first-order chi connectivity index (χ1) is 18.0. The van der Waals surface area contributed by atoms with E-state index in [1.54, 1.807) is 7.11 Å². The van der Waals surface area contributed by atoms with Gasteiger partial charge in [-0.3, -0.25) is 14.5 Å². The third kappa shape index (κ3) is 8.74. The maximum Gasteiger partial charge on any atom is 0.253 e. The number of carbonyl (C=O) groups excluding carboxylic acids is 2. The average Bonchev–Trinajstić information content (AvgIpc) is 2.95. The number of unbranched alkanes of at least 4 members (excludes halogenated alkanes) is 2. The second-order valence-corrected chi connectivity index (χ2v) is 9.63. The Morgan fingerprint density at radius 1 is 0.973 bits per heavy atom. The minimum atomic E-state index is 0.108. The Labute approximate surface area is 222 Å². The van der Waals surface area contributed by atoms with Gasteiger partial charge in [-0.15, -0.1) is 0 Å². The summed E-state index contributed by atoms with van der Waals surface area (Å²) < 4.78 is 5.44. The zero-order valence-electron chi connectivity index (χ0n) is 22.8. The van der Waals surface area contributed by atoms with Crippen LogP contribution in [0, 0.1) is 0 Å². The van der Waals surface area contributed by atoms with E-state index in [-0.39, 0.29) is 11.8 Å². The summed E-state index contributed by atoms with van der Waals surface area (Å²) in [5.74, 6) is 1.15. The van der Waals surface area contributed by atoms with Crippen molar-refractivity contribution in [1.82, 2.24) is 14.7 Å². The van der Waals surface area contributed by atoms with Crippen LogP contribution in [0.3, 0.4) is 0 Å². The number of aryl methyl sites for hydroxylation is 1. The predicted octanol–water partition coefficient (Wildman–Crippen LogP) is 5.14. The maximum atomic E-state index is 13.0. The lowest BCUT2D eigenvalue weighted by Gasteiger charge is -2.36. The van der Waals surface area contributed by atoms with Crippen molar-refractivity contribution in [1.29, 1.82) is 0 Å². The summed E-state index contributed by atoms with van der Waals surface area (Å²) in [6.45, 7) is 9.44. The molecule has 6 heteroatoms. The summed E-state index contributed by atoms with van der Waals surface area (Å²) in [5.41, 5.74) is 3.01. The van der Waals surface area contributed by atoms with Crippen LogP contribution >= 0.6 is 0 Å². The van der Waals surface area contributed by atoms with Gasteiger partial charge in [0.2, 0.25) is 5.91 Å². The Morgan fingerprint density at radius 3 is 2.38 bits per heavy atom. The molecule has 0 radical (unpaired) electrons. The van der Waals surface area contributed by atoms with Crippen molar-refractivity contribution in [2.45, 2.75) is 46.0 Å².